The largest absolute Gasteiger partial charge is 0.490 e. The van der Waals surface area contributed by atoms with Crippen LogP contribution in [0.5, 0.6) is 11.5 Å². The lowest BCUT2D eigenvalue weighted by Crippen LogP contribution is -2.44. The van der Waals surface area contributed by atoms with Gasteiger partial charge in [0.2, 0.25) is 0 Å². The SMILES string of the molecule is CC(C)(C)OC(=O)N1CCC(Oc2ccc3[nH]c(=O)c4cccnc4c3c2)CC1.Cl.O=c1[nH]c2ccc(OC3CCNCC3)cc2c2ncccc12. The molecule has 2 aliphatic rings. The molecule has 0 aliphatic carbocycles. The molecule has 3 N–H and O–H groups in total. The molecular formula is C39H43ClN6O6. The zero-order valence-corrected chi connectivity index (χ0v) is 30.3. The quantitative estimate of drug-likeness (QED) is 0.173. The number of likely N-dealkylation sites (tertiary alicyclic amines) is 1. The topological polar surface area (TPSA) is 152 Å². The van der Waals surface area contributed by atoms with Crippen molar-refractivity contribution >= 4 is 62.1 Å². The van der Waals surface area contributed by atoms with Crippen molar-refractivity contribution in [2.24, 2.45) is 0 Å². The normalized spacial score (nSPS) is 15.6. The minimum absolute atomic E-state index is 0. The van der Waals surface area contributed by atoms with E-state index in [1.54, 1.807) is 41.6 Å². The van der Waals surface area contributed by atoms with Gasteiger partial charge in [-0.2, -0.15) is 0 Å². The van der Waals surface area contributed by atoms with Gasteiger partial charge in [0, 0.05) is 49.1 Å². The predicted octanol–water partition coefficient (Wildman–Crippen LogP) is 6.48. The third-order valence-electron chi connectivity index (χ3n) is 9.08. The van der Waals surface area contributed by atoms with Crippen LogP contribution in [0.2, 0.25) is 0 Å². The van der Waals surface area contributed by atoms with Crippen molar-refractivity contribution in [3.05, 3.63) is 93.8 Å². The van der Waals surface area contributed by atoms with Crippen LogP contribution in [0.1, 0.15) is 46.5 Å². The Balaban J connectivity index is 0.000000181. The number of pyridine rings is 4. The number of carbonyl (C=O) groups is 1. The third-order valence-corrected chi connectivity index (χ3v) is 9.08. The molecule has 0 radical (unpaired) electrons. The number of rotatable bonds is 4. The number of nitrogens with one attached hydrogen (secondary N) is 3. The molecule has 12 nitrogen and oxygen atoms in total. The minimum atomic E-state index is -0.493. The average molecular weight is 727 g/mol. The van der Waals surface area contributed by atoms with Crippen molar-refractivity contribution in [3.63, 3.8) is 0 Å². The second-order valence-corrected chi connectivity index (χ2v) is 14.0. The van der Waals surface area contributed by atoms with E-state index in [2.05, 4.69) is 25.3 Å². The molecule has 13 heteroatoms. The molecule has 2 aliphatic heterocycles. The summed E-state index contributed by atoms with van der Waals surface area (Å²) in [5.41, 5.74) is 2.15. The minimum Gasteiger partial charge on any atom is -0.490 e. The van der Waals surface area contributed by atoms with E-state index in [4.69, 9.17) is 14.2 Å². The third kappa shape index (κ3) is 8.29. The molecule has 52 heavy (non-hydrogen) atoms. The van der Waals surface area contributed by atoms with Gasteiger partial charge >= 0.3 is 6.09 Å². The standard InChI is InChI=1S/C22H25N3O4.C17H17N3O2.ClH/c1-22(2,3)29-21(27)25-11-8-14(9-12-25)28-15-6-7-18-17(13-15)19-16(20(26)24-18)5-4-10-23-19;21-17-13-2-1-7-19-16(13)14-10-12(3-4-15(14)20-17)22-11-5-8-18-9-6-11;/h4-7,10,13-14H,8-9,11-12H2,1-3H3,(H,24,26);1-4,7,10-11,18H,5-6,8-9H2,(H,20,21);1H. The highest BCUT2D eigenvalue weighted by atomic mass is 35.5. The van der Waals surface area contributed by atoms with Gasteiger partial charge in [-0.25, -0.2) is 4.79 Å². The van der Waals surface area contributed by atoms with Gasteiger partial charge in [-0.05, 0) is 107 Å². The van der Waals surface area contributed by atoms with E-state index in [0.29, 0.717) is 29.4 Å². The van der Waals surface area contributed by atoms with Crippen molar-refractivity contribution in [1.29, 1.82) is 0 Å². The van der Waals surface area contributed by atoms with Crippen molar-refractivity contribution in [2.45, 2.75) is 64.3 Å². The Morgan fingerprint density at radius 1 is 0.712 bits per heavy atom. The highest BCUT2D eigenvalue weighted by molar-refractivity contribution is 6.04. The fourth-order valence-electron chi connectivity index (χ4n) is 6.57. The zero-order chi connectivity index (χ0) is 35.5. The first kappa shape index (κ1) is 36.6. The molecule has 0 atom stereocenters. The maximum atomic E-state index is 12.2. The second kappa shape index (κ2) is 15.6. The van der Waals surface area contributed by atoms with E-state index in [1.807, 2.05) is 57.2 Å². The average Bonchev–Trinajstić information content (AvgIpc) is 3.13. The van der Waals surface area contributed by atoms with Crippen molar-refractivity contribution in [1.82, 2.24) is 30.2 Å². The molecule has 2 aromatic carbocycles. The van der Waals surface area contributed by atoms with E-state index < -0.39 is 5.60 Å². The maximum Gasteiger partial charge on any atom is 0.410 e. The number of carbonyl (C=O) groups excluding carboxylic acids is 1. The Kier molecular flexibility index (Phi) is 11.0. The lowest BCUT2D eigenvalue weighted by atomic mass is 10.1. The van der Waals surface area contributed by atoms with E-state index >= 15 is 0 Å². The number of hydrogen-bond donors (Lipinski definition) is 3. The monoisotopic (exact) mass is 726 g/mol. The first-order valence-corrected chi connectivity index (χ1v) is 17.4. The van der Waals surface area contributed by atoms with Gasteiger partial charge in [0.05, 0.1) is 32.8 Å². The van der Waals surface area contributed by atoms with Crippen molar-refractivity contribution in [3.8, 4) is 11.5 Å². The molecule has 8 rings (SSSR count). The molecule has 0 saturated carbocycles. The first-order chi connectivity index (χ1) is 24.6. The van der Waals surface area contributed by atoms with Crippen LogP contribution in [0.4, 0.5) is 4.79 Å². The lowest BCUT2D eigenvalue weighted by Gasteiger charge is -2.33. The molecule has 6 heterocycles. The summed E-state index contributed by atoms with van der Waals surface area (Å²) in [6.07, 6.45) is 6.90. The van der Waals surface area contributed by atoms with Crippen LogP contribution < -0.4 is 25.9 Å². The molecule has 2 fully saturated rings. The second-order valence-electron chi connectivity index (χ2n) is 14.0. The summed E-state index contributed by atoms with van der Waals surface area (Å²) >= 11 is 0. The summed E-state index contributed by atoms with van der Waals surface area (Å²) in [5.74, 6) is 1.56. The molecule has 0 unspecified atom stereocenters. The Morgan fingerprint density at radius 3 is 1.67 bits per heavy atom. The van der Waals surface area contributed by atoms with Gasteiger partial charge in [0.25, 0.3) is 11.1 Å². The number of aromatic nitrogens is 4. The smallest absolute Gasteiger partial charge is 0.410 e. The van der Waals surface area contributed by atoms with Crippen LogP contribution in [-0.4, -0.2) is 74.9 Å². The van der Waals surface area contributed by atoms with Gasteiger partial charge in [-0.3, -0.25) is 19.6 Å². The molecule has 4 aromatic heterocycles. The van der Waals surface area contributed by atoms with E-state index in [1.165, 1.54) is 0 Å². The number of H-pyrrole nitrogens is 2. The lowest BCUT2D eigenvalue weighted by molar-refractivity contribution is 0.0126. The van der Waals surface area contributed by atoms with Crippen LogP contribution in [0.15, 0.2) is 82.6 Å². The number of benzene rings is 2. The summed E-state index contributed by atoms with van der Waals surface area (Å²) in [6, 6.07) is 18.5. The van der Waals surface area contributed by atoms with E-state index in [9.17, 15) is 14.4 Å². The van der Waals surface area contributed by atoms with Crippen LogP contribution in [-0.2, 0) is 4.74 Å². The molecular weight excluding hydrogens is 684 g/mol. The zero-order valence-electron chi connectivity index (χ0n) is 29.4. The van der Waals surface area contributed by atoms with Crippen molar-refractivity contribution in [2.75, 3.05) is 26.2 Å². The summed E-state index contributed by atoms with van der Waals surface area (Å²) < 4.78 is 17.7. The Hall–Kier alpha value is -5.20. The predicted molar refractivity (Wildman–Crippen MR) is 205 cm³/mol. The van der Waals surface area contributed by atoms with Crippen molar-refractivity contribution < 1.29 is 19.0 Å². The number of ether oxygens (including phenoxy) is 3. The Bertz CT molecular complexity index is 2320. The highest BCUT2D eigenvalue weighted by Gasteiger charge is 2.28. The van der Waals surface area contributed by atoms with Gasteiger partial charge < -0.3 is 34.4 Å². The number of fused-ring (bicyclic) bond motifs is 6. The fraction of sp³-hybridized carbons (Fsp3) is 0.359. The highest BCUT2D eigenvalue weighted by Crippen LogP contribution is 2.28. The summed E-state index contributed by atoms with van der Waals surface area (Å²) in [5, 5.41) is 6.26. The Labute approximate surface area is 306 Å². The number of aromatic amines is 2. The Morgan fingerprint density at radius 2 is 1.19 bits per heavy atom. The summed E-state index contributed by atoms with van der Waals surface area (Å²) in [6.45, 7) is 8.80. The van der Waals surface area contributed by atoms with Crippen LogP contribution >= 0.6 is 12.4 Å². The first-order valence-electron chi connectivity index (χ1n) is 17.4. The van der Waals surface area contributed by atoms with E-state index in [0.717, 1.165) is 77.6 Å². The van der Waals surface area contributed by atoms with Gasteiger partial charge in [-0.1, -0.05) is 0 Å². The number of amides is 1. The molecule has 0 spiro atoms. The van der Waals surface area contributed by atoms with Gasteiger partial charge in [0.15, 0.2) is 0 Å². The molecule has 272 valence electrons. The van der Waals surface area contributed by atoms with Crippen LogP contribution in [0.25, 0.3) is 43.6 Å². The molecule has 1 amide bonds. The molecule has 2 saturated heterocycles. The summed E-state index contributed by atoms with van der Waals surface area (Å²) in [4.78, 5) is 52.7. The molecule has 0 bridgehead atoms. The maximum absolute atomic E-state index is 12.2. The number of nitrogens with zero attached hydrogens (tertiary/aromatic N) is 3. The fourth-order valence-corrected chi connectivity index (χ4v) is 6.57. The molecule has 6 aromatic rings. The van der Waals surface area contributed by atoms with Crippen LogP contribution in [0, 0.1) is 0 Å². The number of hydrogen-bond acceptors (Lipinski definition) is 9. The van der Waals surface area contributed by atoms with Gasteiger partial charge in [-0.15, -0.1) is 12.4 Å². The van der Waals surface area contributed by atoms with Crippen LogP contribution in [0.3, 0.4) is 0 Å². The number of piperidine rings is 2. The number of halogens is 1. The van der Waals surface area contributed by atoms with E-state index in [-0.39, 0.29) is 41.8 Å². The summed E-state index contributed by atoms with van der Waals surface area (Å²) in [7, 11) is 0. The van der Waals surface area contributed by atoms with Gasteiger partial charge in [0.1, 0.15) is 29.3 Å².